The minimum absolute atomic E-state index is 1.04. The Kier molecular flexibility index (Phi) is 9.35. The molecule has 2 nitrogen and oxygen atoms in total. The van der Waals surface area contributed by atoms with Crippen LogP contribution in [0.25, 0.3) is 22.3 Å². The first-order chi connectivity index (χ1) is 26.6. The van der Waals surface area contributed by atoms with Gasteiger partial charge in [-0.2, -0.15) is 0 Å². The number of benzene rings is 7. The molecule has 0 saturated carbocycles. The average Bonchev–Trinajstić information content (AvgIpc) is 3.92. The molecule has 7 aromatic rings. The molecule has 54 heavy (non-hydrogen) atoms. The summed E-state index contributed by atoms with van der Waals surface area (Å²) in [4.78, 5) is 4.81. The topological polar surface area (TPSA) is 6.48 Å². The lowest BCUT2D eigenvalue weighted by Crippen LogP contribution is -2.10. The zero-order chi connectivity index (χ0) is 36.4. The third-order valence-electron chi connectivity index (χ3n) is 11.7. The van der Waals surface area contributed by atoms with Gasteiger partial charge < -0.3 is 9.80 Å². The molecule has 0 heterocycles. The largest absolute Gasteiger partial charge is 0.310 e. The molecule has 0 atom stereocenters. The zero-order valence-electron chi connectivity index (χ0n) is 31.6. The van der Waals surface area contributed by atoms with Crippen LogP contribution in [0.2, 0.25) is 0 Å². The molecule has 2 heteroatoms. The van der Waals surface area contributed by atoms with E-state index in [0.29, 0.717) is 0 Å². The first-order valence-electron chi connectivity index (χ1n) is 20.0. The minimum Gasteiger partial charge on any atom is -0.310 e. The van der Waals surface area contributed by atoms with E-state index in [4.69, 9.17) is 0 Å². The van der Waals surface area contributed by atoms with E-state index in [1.165, 1.54) is 128 Å². The maximum absolute atomic E-state index is 2.41. The smallest absolute Gasteiger partial charge is 0.0464 e. The van der Waals surface area contributed by atoms with Crippen molar-refractivity contribution in [1.82, 2.24) is 0 Å². The van der Waals surface area contributed by atoms with Crippen LogP contribution in [0.3, 0.4) is 0 Å². The summed E-state index contributed by atoms with van der Waals surface area (Å²) < 4.78 is 0. The van der Waals surface area contributed by atoms with Crippen LogP contribution >= 0.6 is 0 Å². The highest BCUT2D eigenvalue weighted by molar-refractivity contribution is 5.81. The summed E-state index contributed by atoms with van der Waals surface area (Å²) in [6, 6.07) is 59.3. The van der Waals surface area contributed by atoms with Gasteiger partial charge in [-0.15, -0.1) is 0 Å². The number of hydrogen-bond acceptors (Lipinski definition) is 2. The first kappa shape index (κ1) is 33.9. The lowest BCUT2D eigenvalue weighted by Gasteiger charge is -2.26. The monoisotopic (exact) mass is 700 g/mol. The lowest BCUT2D eigenvalue weighted by atomic mass is 9.99. The van der Waals surface area contributed by atoms with Crippen molar-refractivity contribution >= 4 is 34.1 Å². The van der Waals surface area contributed by atoms with Gasteiger partial charge in [0.25, 0.3) is 0 Å². The summed E-state index contributed by atoms with van der Waals surface area (Å²) in [6.07, 6.45) is 9.33. The van der Waals surface area contributed by atoms with E-state index in [9.17, 15) is 0 Å². The molecule has 0 aliphatic heterocycles. The molecule has 0 aromatic heterocycles. The van der Waals surface area contributed by atoms with Gasteiger partial charge >= 0.3 is 0 Å². The highest BCUT2D eigenvalue weighted by Crippen LogP contribution is 2.40. The number of rotatable bonds is 10. The Morgan fingerprint density at radius 2 is 0.593 bits per heavy atom. The van der Waals surface area contributed by atoms with Gasteiger partial charge in [0, 0.05) is 34.1 Å². The van der Waals surface area contributed by atoms with Gasteiger partial charge in [-0.25, -0.2) is 0 Å². The molecular weight excluding hydrogens is 653 g/mol. The van der Waals surface area contributed by atoms with Crippen molar-refractivity contribution in [2.24, 2.45) is 0 Å². The molecule has 0 saturated heterocycles. The van der Waals surface area contributed by atoms with E-state index in [1.54, 1.807) is 0 Å². The SMILES string of the molecule is CCc1ccc(N(c2ccc(-c3ccc(-c4ccc(N(c5ccc(CC)cc5)c5ccc6c(c5)CCC6)cc4)cc3)cc2)c2ccc3c(c2)CCC3)cc1. The molecule has 9 rings (SSSR count). The summed E-state index contributed by atoms with van der Waals surface area (Å²) in [5.74, 6) is 0. The number of aryl methyl sites for hydroxylation is 6. The number of anilines is 6. The Labute approximate surface area is 321 Å². The second-order valence-electron chi connectivity index (χ2n) is 15.0. The van der Waals surface area contributed by atoms with Crippen LogP contribution in [0.1, 0.15) is 60.1 Å². The fourth-order valence-electron chi connectivity index (χ4n) is 8.51. The third-order valence-corrected chi connectivity index (χ3v) is 11.7. The predicted octanol–water partition coefficient (Wildman–Crippen LogP) is 14.1. The van der Waals surface area contributed by atoms with Crippen LogP contribution in [0.4, 0.5) is 34.1 Å². The van der Waals surface area contributed by atoms with Gasteiger partial charge in [-0.1, -0.05) is 98.8 Å². The Hall–Kier alpha value is -5.86. The number of hydrogen-bond donors (Lipinski definition) is 0. The van der Waals surface area contributed by atoms with E-state index < -0.39 is 0 Å². The lowest BCUT2D eigenvalue weighted by molar-refractivity contribution is 0.911. The maximum Gasteiger partial charge on any atom is 0.0464 e. The van der Waals surface area contributed by atoms with Crippen LogP contribution < -0.4 is 9.80 Å². The van der Waals surface area contributed by atoms with Gasteiger partial charge in [0.15, 0.2) is 0 Å². The minimum atomic E-state index is 1.04. The Balaban J connectivity index is 0.969. The second kappa shape index (κ2) is 14.9. The van der Waals surface area contributed by atoms with Crippen molar-refractivity contribution in [1.29, 1.82) is 0 Å². The summed E-state index contributed by atoms with van der Waals surface area (Å²) in [5.41, 5.74) is 20.8. The van der Waals surface area contributed by atoms with Crippen LogP contribution in [-0.2, 0) is 38.5 Å². The van der Waals surface area contributed by atoms with Crippen molar-refractivity contribution in [3.8, 4) is 22.3 Å². The molecule has 2 aliphatic rings. The third kappa shape index (κ3) is 6.74. The molecule has 0 N–H and O–H groups in total. The normalized spacial score (nSPS) is 13.1. The van der Waals surface area contributed by atoms with Crippen LogP contribution in [0, 0.1) is 0 Å². The Bertz CT molecular complexity index is 2200. The van der Waals surface area contributed by atoms with Crippen molar-refractivity contribution in [3.63, 3.8) is 0 Å². The van der Waals surface area contributed by atoms with Crippen LogP contribution in [0.15, 0.2) is 158 Å². The highest BCUT2D eigenvalue weighted by atomic mass is 15.1. The average molecular weight is 701 g/mol. The van der Waals surface area contributed by atoms with Gasteiger partial charge in [-0.3, -0.25) is 0 Å². The molecule has 2 aliphatic carbocycles. The molecule has 7 aromatic carbocycles. The van der Waals surface area contributed by atoms with Gasteiger partial charge in [0.05, 0.1) is 0 Å². The molecule has 266 valence electrons. The van der Waals surface area contributed by atoms with Crippen molar-refractivity contribution in [3.05, 3.63) is 191 Å². The summed E-state index contributed by atoms with van der Waals surface area (Å²) >= 11 is 0. The number of nitrogens with zero attached hydrogens (tertiary/aromatic N) is 2. The fraction of sp³-hybridized carbons (Fsp3) is 0.192. The standard InChI is InChI=1S/C52H48N2/c1-3-37-11-25-47(26-12-37)53(51-33-23-39-7-5-9-45(39)35-51)49-29-19-43(20-30-49)41-15-17-42(18-16-41)44-21-31-50(32-22-44)54(48-27-13-38(4-2)14-28-48)52-34-24-40-8-6-10-46(40)36-52/h11-36H,3-10H2,1-2H3. The van der Waals surface area contributed by atoms with Gasteiger partial charge in [0.1, 0.15) is 0 Å². The van der Waals surface area contributed by atoms with Crippen LogP contribution in [0.5, 0.6) is 0 Å². The quantitative estimate of drug-likeness (QED) is 0.140. The maximum atomic E-state index is 2.41. The van der Waals surface area contributed by atoms with E-state index in [-0.39, 0.29) is 0 Å². The predicted molar refractivity (Wildman–Crippen MR) is 229 cm³/mol. The van der Waals surface area contributed by atoms with E-state index in [2.05, 4.69) is 181 Å². The number of fused-ring (bicyclic) bond motifs is 2. The van der Waals surface area contributed by atoms with Crippen molar-refractivity contribution in [2.45, 2.75) is 65.2 Å². The van der Waals surface area contributed by atoms with Crippen molar-refractivity contribution < 1.29 is 0 Å². The molecule has 0 fully saturated rings. The molecule has 0 bridgehead atoms. The first-order valence-corrected chi connectivity index (χ1v) is 20.0. The van der Waals surface area contributed by atoms with Crippen LogP contribution in [-0.4, -0.2) is 0 Å². The molecule has 0 spiro atoms. The highest BCUT2D eigenvalue weighted by Gasteiger charge is 2.19. The Morgan fingerprint density at radius 3 is 0.926 bits per heavy atom. The zero-order valence-corrected chi connectivity index (χ0v) is 31.6. The fourth-order valence-corrected chi connectivity index (χ4v) is 8.51. The summed E-state index contributed by atoms with van der Waals surface area (Å²) in [6.45, 7) is 4.43. The second-order valence-corrected chi connectivity index (χ2v) is 15.0. The van der Waals surface area contributed by atoms with Gasteiger partial charge in [-0.05, 0) is 180 Å². The molecule has 0 unspecified atom stereocenters. The molecule has 0 radical (unpaired) electrons. The van der Waals surface area contributed by atoms with E-state index >= 15 is 0 Å². The van der Waals surface area contributed by atoms with Crippen molar-refractivity contribution in [2.75, 3.05) is 9.80 Å². The van der Waals surface area contributed by atoms with E-state index in [0.717, 1.165) is 12.8 Å². The molecular formula is C52H48N2. The van der Waals surface area contributed by atoms with E-state index in [1.807, 2.05) is 0 Å². The van der Waals surface area contributed by atoms with Gasteiger partial charge in [0.2, 0.25) is 0 Å². The Morgan fingerprint density at radius 1 is 0.315 bits per heavy atom. The summed E-state index contributed by atoms with van der Waals surface area (Å²) in [7, 11) is 0. The summed E-state index contributed by atoms with van der Waals surface area (Å²) in [5, 5.41) is 0. The molecule has 0 amide bonds.